The molecule has 0 saturated heterocycles. The first-order chi connectivity index (χ1) is 16.9. The van der Waals surface area contributed by atoms with Crippen molar-refractivity contribution < 1.29 is 19.1 Å². The van der Waals surface area contributed by atoms with Crippen LogP contribution in [0.1, 0.15) is 63.2 Å². The number of benzene rings is 1. The number of nitrogen functional groups attached to an aromatic ring is 1. The SMILES string of the molecule is COc1ccc(N(C(=O)c2snc(C(N)=O)c2N)C(C(=O)NC2CCCCC2)c2cccs2)cc1. The lowest BCUT2D eigenvalue weighted by Gasteiger charge is -2.32. The van der Waals surface area contributed by atoms with Crippen LogP contribution >= 0.6 is 22.9 Å². The van der Waals surface area contributed by atoms with Crippen molar-refractivity contribution in [2.45, 2.75) is 44.2 Å². The molecule has 2 aromatic heterocycles. The maximum atomic E-state index is 13.9. The summed E-state index contributed by atoms with van der Waals surface area (Å²) in [5.74, 6) is -1.04. The van der Waals surface area contributed by atoms with Crippen molar-refractivity contribution >= 4 is 52.0 Å². The molecule has 1 saturated carbocycles. The Bertz CT molecular complexity index is 1190. The standard InChI is InChI=1S/C24H27N5O4S2/c1-33-16-11-9-15(10-12-16)29(24(32)21-18(25)19(22(26)30)28-35-21)20(17-8-5-13-34-17)23(31)27-14-6-3-2-4-7-14/h5,8-14,20H,2-4,6-7,25H2,1H3,(H2,26,30)(H,27,31). The van der Waals surface area contributed by atoms with E-state index in [1.54, 1.807) is 31.4 Å². The fraction of sp³-hybridized carbons (Fsp3) is 0.333. The van der Waals surface area contributed by atoms with Crippen molar-refractivity contribution in [2.75, 3.05) is 17.7 Å². The molecule has 0 bridgehead atoms. The summed E-state index contributed by atoms with van der Waals surface area (Å²) in [5.41, 5.74) is 11.7. The molecule has 1 atom stereocenters. The highest BCUT2D eigenvalue weighted by Gasteiger charge is 2.37. The van der Waals surface area contributed by atoms with Crippen LogP contribution < -0.4 is 26.4 Å². The molecule has 0 aliphatic heterocycles. The first kappa shape index (κ1) is 24.7. The summed E-state index contributed by atoms with van der Waals surface area (Å²) in [4.78, 5) is 41.5. The Morgan fingerprint density at radius 1 is 1.14 bits per heavy atom. The maximum absolute atomic E-state index is 13.9. The summed E-state index contributed by atoms with van der Waals surface area (Å²) in [7, 11) is 1.55. The number of carbonyl (C=O) groups excluding carboxylic acids is 3. The normalized spacial score (nSPS) is 14.8. The van der Waals surface area contributed by atoms with Crippen molar-refractivity contribution in [2.24, 2.45) is 5.73 Å². The molecule has 0 spiro atoms. The van der Waals surface area contributed by atoms with Gasteiger partial charge in [-0.3, -0.25) is 19.3 Å². The average Bonchev–Trinajstić information content (AvgIpc) is 3.52. The Morgan fingerprint density at radius 3 is 2.43 bits per heavy atom. The Labute approximate surface area is 211 Å². The first-order valence-corrected chi connectivity index (χ1v) is 12.9. The van der Waals surface area contributed by atoms with Crippen molar-refractivity contribution in [3.8, 4) is 5.75 Å². The summed E-state index contributed by atoms with van der Waals surface area (Å²) in [5, 5.41) is 5.02. The number of nitrogens with zero attached hydrogens (tertiary/aromatic N) is 2. The van der Waals surface area contributed by atoms with Crippen molar-refractivity contribution in [1.82, 2.24) is 9.69 Å². The van der Waals surface area contributed by atoms with Crippen LogP contribution in [0.15, 0.2) is 41.8 Å². The van der Waals surface area contributed by atoms with Gasteiger partial charge in [-0.1, -0.05) is 25.3 Å². The summed E-state index contributed by atoms with van der Waals surface area (Å²) < 4.78 is 9.24. The van der Waals surface area contributed by atoms with E-state index in [-0.39, 0.29) is 28.2 Å². The molecule has 11 heteroatoms. The average molecular weight is 514 g/mol. The van der Waals surface area contributed by atoms with Gasteiger partial charge in [0, 0.05) is 16.6 Å². The third kappa shape index (κ3) is 5.30. The second kappa shape index (κ2) is 10.9. The largest absolute Gasteiger partial charge is 0.497 e. The predicted octanol–water partition coefficient (Wildman–Crippen LogP) is 3.73. The lowest BCUT2D eigenvalue weighted by molar-refractivity contribution is -0.123. The summed E-state index contributed by atoms with van der Waals surface area (Å²) >= 11 is 2.17. The number of aromatic nitrogens is 1. The summed E-state index contributed by atoms with van der Waals surface area (Å²) in [6.45, 7) is 0. The number of amides is 3. The van der Waals surface area contributed by atoms with E-state index in [1.165, 1.54) is 16.2 Å². The zero-order chi connectivity index (χ0) is 24.9. The van der Waals surface area contributed by atoms with Gasteiger partial charge >= 0.3 is 0 Å². The van der Waals surface area contributed by atoms with Crippen LogP contribution in [0.5, 0.6) is 5.75 Å². The van der Waals surface area contributed by atoms with E-state index in [1.807, 2.05) is 17.5 Å². The molecule has 1 fully saturated rings. The molecule has 1 aliphatic rings. The highest BCUT2D eigenvalue weighted by atomic mass is 32.1. The van der Waals surface area contributed by atoms with Crippen LogP contribution in [0.25, 0.3) is 0 Å². The molecule has 1 aromatic carbocycles. The van der Waals surface area contributed by atoms with Gasteiger partial charge in [-0.25, -0.2) is 0 Å². The molecule has 2 heterocycles. The second-order valence-electron chi connectivity index (χ2n) is 8.27. The molecule has 35 heavy (non-hydrogen) atoms. The van der Waals surface area contributed by atoms with Gasteiger partial charge in [-0.15, -0.1) is 11.3 Å². The quantitative estimate of drug-likeness (QED) is 0.419. The van der Waals surface area contributed by atoms with Crippen LogP contribution in [0.4, 0.5) is 11.4 Å². The van der Waals surface area contributed by atoms with E-state index in [4.69, 9.17) is 16.2 Å². The number of anilines is 2. The number of nitrogens with one attached hydrogen (secondary N) is 1. The first-order valence-electron chi connectivity index (χ1n) is 11.3. The predicted molar refractivity (Wildman–Crippen MR) is 137 cm³/mol. The van der Waals surface area contributed by atoms with Crippen molar-refractivity contribution in [1.29, 1.82) is 0 Å². The van der Waals surface area contributed by atoms with E-state index in [9.17, 15) is 14.4 Å². The summed E-state index contributed by atoms with van der Waals surface area (Å²) in [6.07, 6.45) is 5.09. The van der Waals surface area contributed by atoms with E-state index < -0.39 is 17.9 Å². The van der Waals surface area contributed by atoms with Gasteiger partial charge in [0.05, 0.1) is 12.8 Å². The third-order valence-corrected chi connectivity index (χ3v) is 7.77. The van der Waals surface area contributed by atoms with E-state index in [2.05, 4.69) is 9.69 Å². The van der Waals surface area contributed by atoms with E-state index in [0.717, 1.165) is 43.6 Å². The zero-order valence-corrected chi connectivity index (χ0v) is 20.9. The maximum Gasteiger partial charge on any atom is 0.273 e. The minimum atomic E-state index is -0.948. The van der Waals surface area contributed by atoms with E-state index >= 15 is 0 Å². The molecule has 9 nitrogen and oxygen atoms in total. The van der Waals surface area contributed by atoms with Gasteiger partial charge in [0.2, 0.25) is 5.91 Å². The molecule has 1 unspecified atom stereocenters. The number of hydrogen-bond acceptors (Lipinski definition) is 8. The highest BCUT2D eigenvalue weighted by Crippen LogP contribution is 2.35. The Hall–Kier alpha value is -3.44. The number of nitrogens with two attached hydrogens (primary N) is 2. The number of thiophene rings is 1. The lowest BCUT2D eigenvalue weighted by Crippen LogP contribution is -2.47. The lowest BCUT2D eigenvalue weighted by atomic mass is 9.95. The fourth-order valence-electron chi connectivity index (χ4n) is 4.21. The zero-order valence-electron chi connectivity index (χ0n) is 19.2. The molecule has 5 N–H and O–H groups in total. The monoisotopic (exact) mass is 513 g/mol. The molecule has 4 rings (SSSR count). The number of rotatable bonds is 8. The minimum Gasteiger partial charge on any atom is -0.497 e. The van der Waals surface area contributed by atoms with Crippen LogP contribution in [0.3, 0.4) is 0 Å². The van der Waals surface area contributed by atoms with Crippen molar-refractivity contribution in [3.63, 3.8) is 0 Å². The molecule has 3 aromatic rings. The van der Waals surface area contributed by atoms with Gasteiger partial charge in [-0.2, -0.15) is 4.37 Å². The topological polar surface area (TPSA) is 141 Å². The Balaban J connectivity index is 1.79. The van der Waals surface area contributed by atoms with Gasteiger partial charge in [0.1, 0.15) is 10.6 Å². The number of hydrogen-bond donors (Lipinski definition) is 3. The smallest absolute Gasteiger partial charge is 0.273 e. The number of primary amides is 1. The Kier molecular flexibility index (Phi) is 7.67. The number of carbonyl (C=O) groups is 3. The fourth-order valence-corrected chi connectivity index (χ4v) is 5.77. The number of ether oxygens (including phenoxy) is 1. The van der Waals surface area contributed by atoms with Gasteiger partial charge in [0.15, 0.2) is 11.7 Å². The molecular weight excluding hydrogens is 486 g/mol. The third-order valence-electron chi connectivity index (χ3n) is 6.00. The van der Waals surface area contributed by atoms with Crippen molar-refractivity contribution in [3.05, 3.63) is 57.2 Å². The molecule has 1 aliphatic carbocycles. The highest BCUT2D eigenvalue weighted by molar-refractivity contribution is 7.10. The van der Waals surface area contributed by atoms with Gasteiger partial charge in [-0.05, 0) is 60.1 Å². The van der Waals surface area contributed by atoms with E-state index in [0.29, 0.717) is 16.3 Å². The van der Waals surface area contributed by atoms with Crippen LogP contribution in [-0.2, 0) is 4.79 Å². The number of methoxy groups -OCH3 is 1. The Morgan fingerprint density at radius 2 is 1.86 bits per heavy atom. The molecule has 0 radical (unpaired) electrons. The second-order valence-corrected chi connectivity index (χ2v) is 10.0. The van der Waals surface area contributed by atoms with Gasteiger partial charge in [0.25, 0.3) is 11.8 Å². The molecule has 3 amide bonds. The minimum absolute atomic E-state index is 0.0432. The molecular formula is C24H27N5O4S2. The van der Waals surface area contributed by atoms with Gasteiger partial charge < -0.3 is 21.5 Å². The van der Waals surface area contributed by atoms with Crippen LogP contribution in [0, 0.1) is 0 Å². The van der Waals surface area contributed by atoms with Crippen LogP contribution in [-0.4, -0.2) is 35.2 Å². The molecule has 184 valence electrons. The summed E-state index contributed by atoms with van der Waals surface area (Å²) in [6, 6.07) is 9.61. The van der Waals surface area contributed by atoms with Crippen LogP contribution in [0.2, 0.25) is 0 Å².